The van der Waals surface area contributed by atoms with Crippen molar-refractivity contribution in [3.05, 3.63) is 89.7 Å². The molecule has 0 bridgehead atoms. The maximum atomic E-state index is 13.0. The van der Waals surface area contributed by atoms with E-state index in [-0.39, 0.29) is 37.9 Å². The summed E-state index contributed by atoms with van der Waals surface area (Å²) >= 11 is 0. The van der Waals surface area contributed by atoms with Gasteiger partial charge in [-0.3, -0.25) is 9.78 Å². The number of ether oxygens (including phenoxy) is 2. The number of urea groups is 1. The number of para-hydroxylation sites is 2. The molecule has 10 nitrogen and oxygen atoms in total. The molecule has 198 valence electrons. The summed E-state index contributed by atoms with van der Waals surface area (Å²) in [6.45, 7) is 0.457. The molecule has 0 saturated heterocycles. The van der Waals surface area contributed by atoms with Gasteiger partial charge in [-0.15, -0.1) is 0 Å². The highest BCUT2D eigenvalue weighted by atomic mass is 16.6. The second kappa shape index (κ2) is 13.2. The minimum absolute atomic E-state index is 0.0549. The number of aliphatic imine (C=N–C) groups is 1. The number of nitrogen functional groups attached to an aromatic ring is 1. The normalized spacial score (nSPS) is 15.7. The molecule has 10 heteroatoms. The van der Waals surface area contributed by atoms with Crippen LogP contribution in [0.3, 0.4) is 0 Å². The summed E-state index contributed by atoms with van der Waals surface area (Å²) in [5.74, 6) is 0.382. The smallest absolute Gasteiger partial charge is 0.346 e. The lowest BCUT2D eigenvalue weighted by atomic mass is 10.0. The number of aliphatic hydroxyl groups is 1. The Labute approximate surface area is 221 Å². The van der Waals surface area contributed by atoms with Crippen molar-refractivity contribution >= 4 is 29.2 Å². The molecule has 0 spiro atoms. The van der Waals surface area contributed by atoms with Crippen LogP contribution >= 0.6 is 0 Å². The van der Waals surface area contributed by atoms with Gasteiger partial charge in [-0.2, -0.15) is 4.99 Å². The highest BCUT2D eigenvalue weighted by Crippen LogP contribution is 2.23. The molecular formula is C28H31N5O5. The monoisotopic (exact) mass is 517 g/mol. The number of carbonyl (C=O) groups excluding carboxylic acids is 2. The fourth-order valence-electron chi connectivity index (χ4n) is 3.92. The average Bonchev–Trinajstić information content (AvgIpc) is 2.93. The second-order valence-electron chi connectivity index (χ2n) is 8.85. The third-order valence-corrected chi connectivity index (χ3v) is 5.89. The number of rotatable bonds is 9. The van der Waals surface area contributed by atoms with Crippen LogP contribution in [0.2, 0.25) is 0 Å². The lowest BCUT2D eigenvalue weighted by molar-refractivity contribution is 0.102. The van der Waals surface area contributed by atoms with E-state index in [1.165, 1.54) is 16.7 Å². The van der Waals surface area contributed by atoms with Crippen molar-refractivity contribution in [2.24, 2.45) is 4.99 Å². The predicted octanol–water partition coefficient (Wildman–Crippen LogP) is 4.17. The number of anilines is 2. The molecule has 1 aromatic carbocycles. The van der Waals surface area contributed by atoms with Crippen molar-refractivity contribution in [1.29, 1.82) is 0 Å². The first kappa shape index (κ1) is 26.6. The van der Waals surface area contributed by atoms with E-state index >= 15 is 0 Å². The van der Waals surface area contributed by atoms with Gasteiger partial charge in [0.05, 0.1) is 11.4 Å². The molecule has 0 radical (unpaired) electrons. The lowest BCUT2D eigenvalue weighted by Gasteiger charge is -2.22. The second-order valence-corrected chi connectivity index (χ2v) is 8.85. The van der Waals surface area contributed by atoms with Gasteiger partial charge in [-0.25, -0.2) is 4.79 Å². The molecular weight excluding hydrogens is 486 g/mol. The van der Waals surface area contributed by atoms with Crippen molar-refractivity contribution in [3.8, 4) is 0 Å². The largest absolute Gasteiger partial charge is 0.488 e. The van der Waals surface area contributed by atoms with Gasteiger partial charge in [0.1, 0.15) is 17.7 Å². The number of aliphatic hydroxyl groups excluding tert-OH is 1. The lowest BCUT2D eigenvalue weighted by Crippen LogP contribution is -2.31. The fourth-order valence-corrected chi connectivity index (χ4v) is 3.92. The van der Waals surface area contributed by atoms with Crippen LogP contribution in [-0.2, 0) is 16.0 Å². The number of nitrogens with zero attached hydrogens (tertiary/aromatic N) is 3. The Morgan fingerprint density at radius 2 is 2.08 bits per heavy atom. The topological polar surface area (TPSA) is 139 Å². The zero-order chi connectivity index (χ0) is 26.7. The Morgan fingerprint density at radius 1 is 1.21 bits per heavy atom. The van der Waals surface area contributed by atoms with E-state index < -0.39 is 11.9 Å². The Bertz CT molecular complexity index is 1270. The average molecular weight is 518 g/mol. The summed E-state index contributed by atoms with van der Waals surface area (Å²) in [6, 6.07) is 9.74. The molecule has 1 aliphatic carbocycles. The summed E-state index contributed by atoms with van der Waals surface area (Å²) in [5, 5.41) is 12.0. The summed E-state index contributed by atoms with van der Waals surface area (Å²) in [7, 11) is 0. The molecule has 2 aliphatic rings. The maximum absolute atomic E-state index is 13.0. The number of amides is 3. The highest BCUT2D eigenvalue weighted by molar-refractivity contribution is 6.04. The molecule has 2 heterocycles. The van der Waals surface area contributed by atoms with Crippen LogP contribution in [0.15, 0.2) is 83.4 Å². The molecule has 0 unspecified atom stereocenters. The summed E-state index contributed by atoms with van der Waals surface area (Å²) in [5.41, 5.74) is 8.97. The van der Waals surface area contributed by atoms with Crippen molar-refractivity contribution in [2.45, 2.75) is 32.2 Å². The van der Waals surface area contributed by atoms with Crippen molar-refractivity contribution in [2.75, 3.05) is 30.8 Å². The summed E-state index contributed by atoms with van der Waals surface area (Å²) in [6.07, 6.45) is 12.2. The van der Waals surface area contributed by atoms with Crippen LogP contribution < -0.4 is 11.1 Å². The number of allylic oxidation sites excluding steroid dienone is 4. The summed E-state index contributed by atoms with van der Waals surface area (Å²) < 4.78 is 11.3. The van der Waals surface area contributed by atoms with E-state index in [0.717, 1.165) is 12.8 Å². The van der Waals surface area contributed by atoms with Crippen LogP contribution in [0, 0.1) is 0 Å². The van der Waals surface area contributed by atoms with Gasteiger partial charge >= 0.3 is 6.03 Å². The Balaban J connectivity index is 1.38. The molecule has 0 fully saturated rings. The fraction of sp³-hybridized carbons (Fsp3) is 0.286. The van der Waals surface area contributed by atoms with Crippen LogP contribution in [0.25, 0.3) is 0 Å². The van der Waals surface area contributed by atoms with E-state index in [9.17, 15) is 14.7 Å². The van der Waals surface area contributed by atoms with E-state index in [0.29, 0.717) is 35.5 Å². The third kappa shape index (κ3) is 7.53. The van der Waals surface area contributed by atoms with E-state index in [1.807, 2.05) is 6.08 Å². The van der Waals surface area contributed by atoms with Crippen LogP contribution in [0.5, 0.6) is 0 Å². The SMILES string of the molecule is Nc1ccccc1NC(=O)c1ccc(CN(CCCO)C(=O)N=C2COC=C(CC3=CC=CCC3)O2)cn1. The molecule has 1 aromatic heterocycles. The van der Waals surface area contributed by atoms with E-state index in [4.69, 9.17) is 15.2 Å². The van der Waals surface area contributed by atoms with Crippen molar-refractivity contribution < 1.29 is 24.2 Å². The number of carbonyl (C=O) groups is 2. The zero-order valence-corrected chi connectivity index (χ0v) is 21.0. The van der Waals surface area contributed by atoms with Gasteiger partial charge in [0.15, 0.2) is 6.61 Å². The quantitative estimate of drug-likeness (QED) is 0.424. The Kier molecular flexibility index (Phi) is 9.25. The molecule has 3 amide bonds. The predicted molar refractivity (Wildman–Crippen MR) is 144 cm³/mol. The number of pyridine rings is 1. The van der Waals surface area contributed by atoms with Crippen LogP contribution in [0.4, 0.5) is 16.2 Å². The highest BCUT2D eigenvalue weighted by Gasteiger charge is 2.20. The van der Waals surface area contributed by atoms with Gasteiger partial charge in [0, 0.05) is 32.3 Å². The molecule has 2 aromatic rings. The Morgan fingerprint density at radius 3 is 2.82 bits per heavy atom. The van der Waals surface area contributed by atoms with Gasteiger partial charge < -0.3 is 30.5 Å². The van der Waals surface area contributed by atoms with Gasteiger partial charge in [-0.05, 0) is 43.0 Å². The minimum Gasteiger partial charge on any atom is -0.488 e. The molecule has 4 N–H and O–H groups in total. The third-order valence-electron chi connectivity index (χ3n) is 5.89. The number of aromatic nitrogens is 1. The first-order valence-corrected chi connectivity index (χ1v) is 12.4. The van der Waals surface area contributed by atoms with Crippen LogP contribution in [0.1, 0.15) is 41.7 Å². The summed E-state index contributed by atoms with van der Waals surface area (Å²) in [4.78, 5) is 35.4. The number of hydrogen-bond acceptors (Lipinski definition) is 7. The molecule has 4 rings (SSSR count). The van der Waals surface area contributed by atoms with Gasteiger partial charge in [-0.1, -0.05) is 42.0 Å². The molecule has 0 saturated carbocycles. The number of nitrogens with one attached hydrogen (secondary N) is 1. The molecule has 0 atom stereocenters. The van der Waals surface area contributed by atoms with Crippen molar-refractivity contribution in [3.63, 3.8) is 0 Å². The standard InChI is InChI=1S/C28H31N5O5/c29-23-9-4-5-10-24(23)31-27(35)25-12-11-21(16-30-25)17-33(13-6-14-34)28(36)32-26-19-37-18-22(38-26)15-20-7-2-1-3-8-20/h1-2,4-5,7,9-12,16,18,34H,3,6,8,13-15,17,19,29H2,(H,31,35). The van der Waals surface area contributed by atoms with E-state index in [1.54, 1.807) is 42.7 Å². The maximum Gasteiger partial charge on any atom is 0.346 e. The number of hydrogen-bond donors (Lipinski definition) is 3. The molecule has 1 aliphatic heterocycles. The first-order valence-electron chi connectivity index (χ1n) is 12.4. The van der Waals surface area contributed by atoms with Crippen LogP contribution in [-0.4, -0.2) is 52.6 Å². The molecule has 38 heavy (non-hydrogen) atoms. The number of nitrogens with two attached hydrogens (primary N) is 1. The van der Waals surface area contributed by atoms with E-state index in [2.05, 4.69) is 27.4 Å². The minimum atomic E-state index is -0.514. The van der Waals surface area contributed by atoms with Gasteiger partial charge in [0.2, 0.25) is 5.90 Å². The number of benzene rings is 1. The first-order chi connectivity index (χ1) is 18.5. The van der Waals surface area contributed by atoms with Crippen molar-refractivity contribution in [1.82, 2.24) is 9.88 Å². The van der Waals surface area contributed by atoms with Gasteiger partial charge in [0.25, 0.3) is 5.91 Å². The Hall–Kier alpha value is -4.44. The zero-order valence-electron chi connectivity index (χ0n) is 21.0.